The molecule has 1 fully saturated rings. The summed E-state index contributed by atoms with van der Waals surface area (Å²) in [6.07, 6.45) is 0.0874. The molecular weight excluding hydrogens is 275 g/mol. The Labute approximate surface area is 123 Å². The number of carbonyl (C=O) groups is 1. The molecule has 21 heavy (non-hydrogen) atoms. The van der Waals surface area contributed by atoms with E-state index in [1.165, 1.54) is 18.2 Å². The van der Waals surface area contributed by atoms with E-state index in [2.05, 4.69) is 17.1 Å². The number of carboxylic acid groups (broad SMARTS) is 1. The van der Waals surface area contributed by atoms with E-state index in [0.717, 1.165) is 19.6 Å². The van der Waals surface area contributed by atoms with Crippen molar-refractivity contribution >= 4 is 5.97 Å². The van der Waals surface area contributed by atoms with Gasteiger partial charge in [0.1, 0.15) is 5.82 Å². The molecule has 1 saturated heterocycles. The molecule has 116 valence electrons. The summed E-state index contributed by atoms with van der Waals surface area (Å²) in [4.78, 5) is 13.2. The maximum Gasteiger partial charge on any atom is 0.335 e. The molecule has 0 radical (unpaired) electrons. The molecule has 1 aromatic rings. The average molecular weight is 296 g/mol. The van der Waals surface area contributed by atoms with E-state index >= 15 is 0 Å². The molecule has 6 heteroatoms. The molecule has 1 aromatic carbocycles. The van der Waals surface area contributed by atoms with Gasteiger partial charge in [-0.25, -0.2) is 9.18 Å². The second-order valence-corrected chi connectivity index (χ2v) is 5.13. The number of benzene rings is 1. The first kappa shape index (κ1) is 15.9. The van der Waals surface area contributed by atoms with Crippen molar-refractivity contribution in [3.63, 3.8) is 0 Å². The maximum absolute atomic E-state index is 13.6. The Morgan fingerprint density at radius 1 is 1.57 bits per heavy atom. The van der Waals surface area contributed by atoms with Gasteiger partial charge < -0.3 is 15.2 Å². The highest BCUT2D eigenvalue weighted by atomic mass is 19.1. The Morgan fingerprint density at radius 2 is 2.38 bits per heavy atom. The summed E-state index contributed by atoms with van der Waals surface area (Å²) in [6.45, 7) is 6.54. The highest BCUT2D eigenvalue weighted by Crippen LogP contribution is 2.11. The van der Waals surface area contributed by atoms with Crippen LogP contribution in [0.4, 0.5) is 4.39 Å². The number of likely N-dealkylation sites (N-methyl/N-ethyl adjacent to an activating group) is 1. The number of rotatable bonds is 6. The summed E-state index contributed by atoms with van der Waals surface area (Å²) < 4.78 is 19.3. The monoisotopic (exact) mass is 296 g/mol. The molecule has 2 N–H and O–H groups in total. The highest BCUT2D eigenvalue weighted by Gasteiger charge is 2.18. The third-order valence-corrected chi connectivity index (χ3v) is 3.65. The Morgan fingerprint density at radius 3 is 3.10 bits per heavy atom. The average Bonchev–Trinajstić information content (AvgIpc) is 2.49. The summed E-state index contributed by atoms with van der Waals surface area (Å²) in [6, 6.07) is 3.83. The fraction of sp³-hybridized carbons (Fsp3) is 0.533. The van der Waals surface area contributed by atoms with Gasteiger partial charge in [0.15, 0.2) is 0 Å². The molecule has 0 aliphatic carbocycles. The summed E-state index contributed by atoms with van der Waals surface area (Å²) in [7, 11) is 0. The first-order chi connectivity index (χ1) is 10.1. The second kappa shape index (κ2) is 7.49. The first-order valence-corrected chi connectivity index (χ1v) is 7.16. The molecule has 1 unspecified atom stereocenters. The number of ether oxygens (including phenoxy) is 1. The van der Waals surface area contributed by atoms with Gasteiger partial charge in [-0.05, 0) is 24.7 Å². The van der Waals surface area contributed by atoms with E-state index in [-0.39, 0.29) is 11.7 Å². The van der Waals surface area contributed by atoms with Crippen LogP contribution < -0.4 is 5.32 Å². The zero-order valence-corrected chi connectivity index (χ0v) is 12.1. The van der Waals surface area contributed by atoms with Crippen LogP contribution in [0.5, 0.6) is 0 Å². The van der Waals surface area contributed by atoms with Crippen molar-refractivity contribution in [2.75, 3.05) is 32.8 Å². The van der Waals surface area contributed by atoms with Crippen LogP contribution in [0.2, 0.25) is 0 Å². The molecule has 5 nitrogen and oxygen atoms in total. The second-order valence-electron chi connectivity index (χ2n) is 5.13. The van der Waals surface area contributed by atoms with Crippen molar-refractivity contribution in [3.05, 3.63) is 35.1 Å². The molecule has 1 aliphatic heterocycles. The predicted molar refractivity (Wildman–Crippen MR) is 76.9 cm³/mol. The summed E-state index contributed by atoms with van der Waals surface area (Å²) in [5, 5.41) is 12.1. The third kappa shape index (κ3) is 4.49. The number of nitrogens with one attached hydrogen (secondary N) is 1. The van der Waals surface area contributed by atoms with Gasteiger partial charge in [-0.1, -0.05) is 6.92 Å². The normalized spacial score (nSPS) is 19.6. The fourth-order valence-electron chi connectivity index (χ4n) is 2.40. The quantitative estimate of drug-likeness (QED) is 0.829. The van der Waals surface area contributed by atoms with E-state index in [9.17, 15) is 9.18 Å². The number of halogens is 1. The van der Waals surface area contributed by atoms with Gasteiger partial charge in [0.2, 0.25) is 0 Å². The van der Waals surface area contributed by atoms with E-state index < -0.39 is 11.8 Å². The molecular formula is C15H21FN2O3. The third-order valence-electron chi connectivity index (χ3n) is 3.65. The molecule has 0 bridgehead atoms. The van der Waals surface area contributed by atoms with Crippen LogP contribution >= 0.6 is 0 Å². The topological polar surface area (TPSA) is 61.8 Å². The van der Waals surface area contributed by atoms with Crippen molar-refractivity contribution in [3.8, 4) is 0 Å². The molecule has 0 spiro atoms. The molecule has 2 rings (SSSR count). The highest BCUT2D eigenvalue weighted by molar-refractivity contribution is 5.87. The van der Waals surface area contributed by atoms with Crippen LogP contribution in [0, 0.1) is 5.82 Å². The van der Waals surface area contributed by atoms with Gasteiger partial charge in [-0.2, -0.15) is 0 Å². The van der Waals surface area contributed by atoms with Gasteiger partial charge in [0.05, 0.1) is 18.3 Å². The summed E-state index contributed by atoms with van der Waals surface area (Å²) in [5.41, 5.74) is 0.456. The minimum Gasteiger partial charge on any atom is -0.478 e. The Hall–Kier alpha value is -1.50. The molecule has 0 aromatic heterocycles. The lowest BCUT2D eigenvalue weighted by Gasteiger charge is -2.32. The lowest BCUT2D eigenvalue weighted by atomic mass is 10.1. The van der Waals surface area contributed by atoms with Crippen molar-refractivity contribution in [2.45, 2.75) is 19.6 Å². The zero-order valence-electron chi connectivity index (χ0n) is 12.1. The standard InChI is InChI=1S/C15H21FN2O3/c1-2-18-5-6-21-13(10-18)9-17-8-12-7-11(15(19)20)3-4-14(12)16/h3-4,7,13,17H,2,5-6,8-10H2,1H3,(H,19,20). The van der Waals surface area contributed by atoms with Crippen LogP contribution in [-0.4, -0.2) is 54.9 Å². The van der Waals surface area contributed by atoms with Crippen LogP contribution in [0.1, 0.15) is 22.8 Å². The van der Waals surface area contributed by atoms with Gasteiger partial charge in [-0.3, -0.25) is 4.90 Å². The number of carboxylic acids is 1. The lowest BCUT2D eigenvalue weighted by molar-refractivity contribution is -0.0254. The first-order valence-electron chi connectivity index (χ1n) is 7.16. The Balaban J connectivity index is 1.85. The van der Waals surface area contributed by atoms with E-state index in [4.69, 9.17) is 9.84 Å². The van der Waals surface area contributed by atoms with Crippen LogP contribution in [0.3, 0.4) is 0 Å². The number of morpholine rings is 1. The van der Waals surface area contributed by atoms with Crippen LogP contribution in [-0.2, 0) is 11.3 Å². The smallest absolute Gasteiger partial charge is 0.335 e. The fourth-order valence-corrected chi connectivity index (χ4v) is 2.40. The predicted octanol–water partition coefficient (Wildman–Crippen LogP) is 1.33. The van der Waals surface area contributed by atoms with Crippen molar-refractivity contribution in [1.82, 2.24) is 10.2 Å². The largest absolute Gasteiger partial charge is 0.478 e. The Kier molecular flexibility index (Phi) is 5.67. The van der Waals surface area contributed by atoms with Gasteiger partial charge >= 0.3 is 5.97 Å². The van der Waals surface area contributed by atoms with E-state index in [0.29, 0.717) is 25.3 Å². The minimum absolute atomic E-state index is 0.0874. The zero-order chi connectivity index (χ0) is 15.2. The molecule has 0 amide bonds. The minimum atomic E-state index is -1.05. The molecule has 0 saturated carbocycles. The van der Waals surface area contributed by atoms with Crippen molar-refractivity contribution in [2.24, 2.45) is 0 Å². The van der Waals surface area contributed by atoms with Gasteiger partial charge in [-0.15, -0.1) is 0 Å². The molecule has 1 aliphatic rings. The maximum atomic E-state index is 13.6. The number of hydrogen-bond acceptors (Lipinski definition) is 4. The number of nitrogens with zero attached hydrogens (tertiary/aromatic N) is 1. The van der Waals surface area contributed by atoms with Gasteiger partial charge in [0.25, 0.3) is 0 Å². The Bertz CT molecular complexity index is 496. The number of hydrogen-bond donors (Lipinski definition) is 2. The summed E-state index contributed by atoms with van der Waals surface area (Å²) in [5.74, 6) is -1.45. The lowest BCUT2D eigenvalue weighted by Crippen LogP contribution is -2.46. The van der Waals surface area contributed by atoms with Crippen molar-refractivity contribution < 1.29 is 19.0 Å². The molecule has 1 atom stereocenters. The van der Waals surface area contributed by atoms with Gasteiger partial charge in [0, 0.05) is 31.7 Å². The van der Waals surface area contributed by atoms with E-state index in [1.807, 2.05) is 0 Å². The SMILES string of the molecule is CCN1CCOC(CNCc2cc(C(=O)O)ccc2F)C1. The van der Waals surface area contributed by atoms with Crippen molar-refractivity contribution in [1.29, 1.82) is 0 Å². The van der Waals surface area contributed by atoms with E-state index in [1.54, 1.807) is 0 Å². The summed E-state index contributed by atoms with van der Waals surface area (Å²) >= 11 is 0. The van der Waals surface area contributed by atoms with Crippen LogP contribution in [0.15, 0.2) is 18.2 Å². The van der Waals surface area contributed by atoms with Crippen LogP contribution in [0.25, 0.3) is 0 Å². The molecule has 1 heterocycles. The number of aromatic carboxylic acids is 1.